The molecule has 0 spiro atoms. The average molecular weight is 295 g/mol. The molecule has 0 bridgehead atoms. The van der Waals surface area contributed by atoms with Gasteiger partial charge < -0.3 is 15.5 Å². The largest absolute Gasteiger partial charge is 0.415 e. The topological polar surface area (TPSA) is 47.3 Å². The van der Waals surface area contributed by atoms with E-state index in [-0.39, 0.29) is 17.1 Å². The quantitative estimate of drug-likeness (QED) is 0.791. The molecule has 4 heteroatoms. The second kappa shape index (κ2) is 6.85. The molecule has 0 saturated heterocycles. The van der Waals surface area contributed by atoms with Crippen molar-refractivity contribution in [2.75, 3.05) is 13.7 Å². The van der Waals surface area contributed by atoms with E-state index in [1.165, 1.54) is 0 Å². The molecule has 0 heterocycles. The van der Waals surface area contributed by atoms with Crippen LogP contribution in [0.25, 0.3) is 0 Å². The summed E-state index contributed by atoms with van der Waals surface area (Å²) < 4.78 is 6.29. The van der Waals surface area contributed by atoms with E-state index >= 15 is 0 Å². The number of benzene rings is 1. The summed E-state index contributed by atoms with van der Waals surface area (Å²) in [5.74, 6) is 0. The zero-order valence-corrected chi connectivity index (χ0v) is 14.7. The van der Waals surface area contributed by atoms with Crippen molar-refractivity contribution in [1.82, 2.24) is 5.32 Å². The lowest BCUT2D eigenvalue weighted by molar-refractivity contribution is 0.231. The van der Waals surface area contributed by atoms with Gasteiger partial charge in [-0.3, -0.25) is 0 Å². The van der Waals surface area contributed by atoms with Gasteiger partial charge in [0.15, 0.2) is 8.32 Å². The fourth-order valence-electron chi connectivity index (χ4n) is 1.79. The first kappa shape index (κ1) is 17.4. The highest BCUT2D eigenvalue weighted by Gasteiger charge is 2.37. The minimum Gasteiger partial charge on any atom is -0.415 e. The molecule has 20 heavy (non-hydrogen) atoms. The van der Waals surface area contributed by atoms with E-state index in [2.05, 4.69) is 51.3 Å². The molecule has 0 aliphatic heterocycles. The molecule has 0 fully saturated rings. The Balaban J connectivity index is 2.69. The fraction of sp³-hybridized carbons (Fsp3) is 0.625. The SMILES string of the molecule is CN[C@H](CO[Si](C)(C)C(C)(C)C)[C@@H](N)c1ccccc1. The van der Waals surface area contributed by atoms with E-state index in [9.17, 15) is 0 Å². The minimum absolute atomic E-state index is 0.0500. The molecule has 0 aromatic heterocycles. The van der Waals surface area contributed by atoms with Gasteiger partial charge in [-0.25, -0.2) is 0 Å². The maximum atomic E-state index is 6.36. The minimum atomic E-state index is -1.73. The molecule has 2 atom stereocenters. The van der Waals surface area contributed by atoms with Gasteiger partial charge in [-0.1, -0.05) is 51.1 Å². The van der Waals surface area contributed by atoms with Crippen LogP contribution in [0, 0.1) is 0 Å². The highest BCUT2D eigenvalue weighted by Crippen LogP contribution is 2.36. The average Bonchev–Trinajstić information content (AvgIpc) is 2.38. The van der Waals surface area contributed by atoms with Gasteiger partial charge >= 0.3 is 0 Å². The van der Waals surface area contributed by atoms with E-state index < -0.39 is 8.32 Å². The Morgan fingerprint density at radius 3 is 2.20 bits per heavy atom. The summed E-state index contributed by atoms with van der Waals surface area (Å²) >= 11 is 0. The molecule has 3 nitrogen and oxygen atoms in total. The first-order valence-corrected chi connectivity index (χ1v) is 10.2. The Kier molecular flexibility index (Phi) is 5.95. The molecule has 1 aromatic carbocycles. The van der Waals surface area contributed by atoms with Crippen LogP contribution in [0.3, 0.4) is 0 Å². The number of hydrogen-bond acceptors (Lipinski definition) is 3. The first-order valence-electron chi connectivity index (χ1n) is 7.31. The zero-order valence-electron chi connectivity index (χ0n) is 13.7. The molecule has 0 radical (unpaired) electrons. The predicted octanol–water partition coefficient (Wildman–Crippen LogP) is 3.30. The first-order chi connectivity index (χ1) is 9.19. The third-order valence-corrected chi connectivity index (χ3v) is 8.92. The Hall–Kier alpha value is -0.683. The summed E-state index contributed by atoms with van der Waals surface area (Å²) in [5, 5.41) is 3.52. The second-order valence-corrected chi connectivity index (χ2v) is 11.7. The third kappa shape index (κ3) is 4.41. The van der Waals surface area contributed by atoms with Crippen molar-refractivity contribution in [3.8, 4) is 0 Å². The van der Waals surface area contributed by atoms with Crippen molar-refractivity contribution in [1.29, 1.82) is 0 Å². The lowest BCUT2D eigenvalue weighted by Gasteiger charge is -2.38. The van der Waals surface area contributed by atoms with Crippen molar-refractivity contribution in [2.45, 2.75) is 51.0 Å². The highest BCUT2D eigenvalue weighted by molar-refractivity contribution is 6.74. The standard InChI is InChI=1S/C16H30N2OSi/c1-16(2,3)20(5,6)19-12-14(18-4)15(17)13-10-8-7-9-11-13/h7-11,14-15,18H,12,17H2,1-6H3/t14-,15+/m1/s1. The summed E-state index contributed by atoms with van der Waals surface area (Å²) in [6.07, 6.45) is 0. The van der Waals surface area contributed by atoms with E-state index in [0.717, 1.165) is 5.56 Å². The van der Waals surface area contributed by atoms with Crippen LogP contribution in [0.15, 0.2) is 30.3 Å². The van der Waals surface area contributed by atoms with Gasteiger partial charge in [-0.05, 0) is 30.7 Å². The third-order valence-electron chi connectivity index (χ3n) is 4.42. The number of rotatable bonds is 6. The van der Waals surface area contributed by atoms with Crippen LogP contribution in [-0.4, -0.2) is 28.0 Å². The van der Waals surface area contributed by atoms with Gasteiger partial charge in [0.25, 0.3) is 0 Å². The molecule has 0 amide bonds. The molecular weight excluding hydrogens is 264 g/mol. The number of nitrogens with one attached hydrogen (secondary N) is 1. The van der Waals surface area contributed by atoms with Gasteiger partial charge in [0.1, 0.15) is 0 Å². The molecular formula is C16H30N2OSi. The second-order valence-electron chi connectivity index (χ2n) is 6.90. The van der Waals surface area contributed by atoms with Crippen molar-refractivity contribution in [2.24, 2.45) is 5.73 Å². The maximum Gasteiger partial charge on any atom is 0.192 e. The van der Waals surface area contributed by atoms with Crippen LogP contribution in [0.5, 0.6) is 0 Å². The highest BCUT2D eigenvalue weighted by atomic mass is 28.4. The van der Waals surface area contributed by atoms with Crippen molar-refractivity contribution < 1.29 is 4.43 Å². The maximum absolute atomic E-state index is 6.36. The van der Waals surface area contributed by atoms with Crippen LogP contribution < -0.4 is 11.1 Å². The number of likely N-dealkylation sites (N-methyl/N-ethyl adjacent to an activating group) is 1. The summed E-state index contributed by atoms with van der Waals surface area (Å²) in [6.45, 7) is 12.0. The monoisotopic (exact) mass is 294 g/mol. The lowest BCUT2D eigenvalue weighted by atomic mass is 10.0. The Labute approximate surface area is 125 Å². The number of nitrogens with two attached hydrogens (primary N) is 1. The summed E-state index contributed by atoms with van der Waals surface area (Å²) in [4.78, 5) is 0. The summed E-state index contributed by atoms with van der Waals surface area (Å²) in [5.41, 5.74) is 7.51. The Morgan fingerprint density at radius 2 is 1.75 bits per heavy atom. The van der Waals surface area contributed by atoms with Gasteiger partial charge in [0.2, 0.25) is 0 Å². The summed E-state index contributed by atoms with van der Waals surface area (Å²) in [6, 6.07) is 10.3. The molecule has 0 aliphatic rings. The van der Waals surface area contributed by atoms with Crippen LogP contribution in [0.1, 0.15) is 32.4 Å². The van der Waals surface area contributed by atoms with Crippen molar-refractivity contribution in [3.05, 3.63) is 35.9 Å². The van der Waals surface area contributed by atoms with Crippen LogP contribution >= 0.6 is 0 Å². The van der Waals surface area contributed by atoms with E-state index in [1.54, 1.807) is 0 Å². The van der Waals surface area contributed by atoms with Gasteiger partial charge in [0.05, 0.1) is 6.61 Å². The fourth-order valence-corrected chi connectivity index (χ4v) is 2.82. The normalized spacial score (nSPS) is 15.9. The molecule has 114 valence electrons. The molecule has 0 saturated carbocycles. The molecule has 1 rings (SSSR count). The van der Waals surface area contributed by atoms with E-state index in [4.69, 9.17) is 10.2 Å². The molecule has 0 aliphatic carbocycles. The van der Waals surface area contributed by atoms with E-state index in [0.29, 0.717) is 6.61 Å². The van der Waals surface area contributed by atoms with Crippen LogP contribution in [0.2, 0.25) is 18.1 Å². The van der Waals surface area contributed by atoms with Crippen molar-refractivity contribution in [3.63, 3.8) is 0 Å². The molecule has 1 aromatic rings. The Bertz CT molecular complexity index is 401. The van der Waals surface area contributed by atoms with E-state index in [1.807, 2.05) is 25.2 Å². The van der Waals surface area contributed by atoms with Crippen molar-refractivity contribution >= 4 is 8.32 Å². The number of hydrogen-bond donors (Lipinski definition) is 2. The lowest BCUT2D eigenvalue weighted by Crippen LogP contribution is -2.47. The van der Waals surface area contributed by atoms with Crippen LogP contribution in [0.4, 0.5) is 0 Å². The smallest absolute Gasteiger partial charge is 0.192 e. The van der Waals surface area contributed by atoms with Crippen LogP contribution in [-0.2, 0) is 4.43 Å². The van der Waals surface area contributed by atoms with Gasteiger partial charge in [0, 0.05) is 12.1 Å². The zero-order chi connectivity index (χ0) is 15.4. The predicted molar refractivity (Wildman–Crippen MR) is 89.4 cm³/mol. The van der Waals surface area contributed by atoms with Gasteiger partial charge in [-0.2, -0.15) is 0 Å². The van der Waals surface area contributed by atoms with Gasteiger partial charge in [-0.15, -0.1) is 0 Å². The Morgan fingerprint density at radius 1 is 1.20 bits per heavy atom. The summed E-state index contributed by atoms with van der Waals surface area (Å²) in [7, 11) is 0.221. The molecule has 0 unspecified atom stereocenters. The molecule has 3 N–H and O–H groups in total.